The Morgan fingerprint density at radius 3 is 2.35 bits per heavy atom. The molecule has 1 aromatic heterocycles. The summed E-state index contributed by atoms with van der Waals surface area (Å²) in [6.07, 6.45) is 1.38. The van der Waals surface area contributed by atoms with Gasteiger partial charge in [0.15, 0.2) is 0 Å². The van der Waals surface area contributed by atoms with Gasteiger partial charge < -0.3 is 19.9 Å². The van der Waals surface area contributed by atoms with Gasteiger partial charge in [-0.05, 0) is 35.7 Å². The van der Waals surface area contributed by atoms with Crippen molar-refractivity contribution in [3.63, 3.8) is 0 Å². The van der Waals surface area contributed by atoms with Crippen LogP contribution in [0.15, 0.2) is 73.1 Å². The van der Waals surface area contributed by atoms with Crippen molar-refractivity contribution in [1.29, 1.82) is 0 Å². The van der Waals surface area contributed by atoms with Crippen molar-refractivity contribution in [2.24, 2.45) is 0 Å². The number of piperazine rings is 1. The number of nitro groups is 1. The monoisotopic (exact) mass is 456 g/mol. The lowest BCUT2D eigenvalue weighted by molar-refractivity contribution is -0.383. The minimum atomic E-state index is -0.404. The second-order valence-corrected chi connectivity index (χ2v) is 7.98. The Labute approximate surface area is 196 Å². The first-order valence-electron chi connectivity index (χ1n) is 11.0. The van der Waals surface area contributed by atoms with E-state index in [1.54, 1.807) is 7.11 Å². The summed E-state index contributed by atoms with van der Waals surface area (Å²) in [5, 5.41) is 17.3. The van der Waals surface area contributed by atoms with E-state index in [0.717, 1.165) is 41.0 Å². The predicted octanol–water partition coefficient (Wildman–Crippen LogP) is 4.62. The normalized spacial score (nSPS) is 13.7. The van der Waals surface area contributed by atoms with Crippen LogP contribution < -0.4 is 19.9 Å². The highest BCUT2D eigenvalue weighted by molar-refractivity contribution is 5.96. The first kappa shape index (κ1) is 21.4. The first-order chi connectivity index (χ1) is 16.6. The third kappa shape index (κ3) is 4.15. The molecule has 1 fully saturated rings. The van der Waals surface area contributed by atoms with Crippen molar-refractivity contribution in [1.82, 2.24) is 9.97 Å². The first-order valence-corrected chi connectivity index (χ1v) is 11.0. The summed E-state index contributed by atoms with van der Waals surface area (Å²) in [5.74, 6) is 1.33. The molecule has 0 aliphatic carbocycles. The lowest BCUT2D eigenvalue weighted by Gasteiger charge is -2.36. The van der Waals surface area contributed by atoms with Crippen molar-refractivity contribution in [2.75, 3.05) is 48.4 Å². The lowest BCUT2D eigenvalue weighted by atomic mass is 10.1. The molecule has 0 unspecified atom stereocenters. The van der Waals surface area contributed by atoms with Crippen LogP contribution in [0.1, 0.15) is 0 Å². The molecule has 2 heterocycles. The Balaban J connectivity index is 1.39. The summed E-state index contributed by atoms with van der Waals surface area (Å²) in [6.45, 7) is 2.66. The van der Waals surface area contributed by atoms with Crippen LogP contribution in [0.5, 0.6) is 5.75 Å². The molecule has 0 saturated carbocycles. The van der Waals surface area contributed by atoms with Gasteiger partial charge in [0.25, 0.3) is 0 Å². The van der Waals surface area contributed by atoms with Gasteiger partial charge in [0.1, 0.15) is 12.1 Å². The van der Waals surface area contributed by atoms with Crippen LogP contribution >= 0.6 is 0 Å². The van der Waals surface area contributed by atoms with Gasteiger partial charge in [-0.15, -0.1) is 0 Å². The fraction of sp³-hybridized carbons (Fsp3) is 0.200. The summed E-state index contributed by atoms with van der Waals surface area (Å²) in [6, 6.07) is 21.6. The molecule has 172 valence electrons. The van der Waals surface area contributed by atoms with E-state index in [2.05, 4.69) is 20.2 Å². The highest BCUT2D eigenvalue weighted by atomic mass is 16.6. The van der Waals surface area contributed by atoms with Gasteiger partial charge in [-0.3, -0.25) is 10.1 Å². The quantitative estimate of drug-likeness (QED) is 0.332. The van der Waals surface area contributed by atoms with Crippen molar-refractivity contribution >= 4 is 39.5 Å². The number of anilines is 4. The maximum atomic E-state index is 12.1. The van der Waals surface area contributed by atoms with E-state index in [1.165, 1.54) is 6.33 Å². The van der Waals surface area contributed by atoms with Gasteiger partial charge in [0.05, 0.1) is 12.0 Å². The third-order valence-electron chi connectivity index (χ3n) is 6.05. The fourth-order valence-electron chi connectivity index (χ4n) is 4.29. The average molecular weight is 457 g/mol. The number of hydrogen-bond donors (Lipinski definition) is 1. The lowest BCUT2D eigenvalue weighted by Crippen LogP contribution is -2.47. The molecule has 0 amide bonds. The minimum Gasteiger partial charge on any atom is -0.497 e. The number of benzene rings is 3. The zero-order valence-electron chi connectivity index (χ0n) is 18.7. The molecular weight excluding hydrogens is 432 g/mol. The van der Waals surface area contributed by atoms with Gasteiger partial charge in [-0.1, -0.05) is 36.4 Å². The van der Waals surface area contributed by atoms with E-state index < -0.39 is 4.92 Å². The zero-order chi connectivity index (χ0) is 23.5. The van der Waals surface area contributed by atoms with Crippen molar-refractivity contribution in [2.45, 2.75) is 0 Å². The number of aromatic nitrogens is 2. The maximum absolute atomic E-state index is 12.1. The smallest absolute Gasteiger partial charge is 0.353 e. The number of nitrogens with zero attached hydrogens (tertiary/aromatic N) is 5. The number of methoxy groups -OCH3 is 1. The maximum Gasteiger partial charge on any atom is 0.353 e. The molecule has 1 aliphatic rings. The number of rotatable bonds is 6. The summed E-state index contributed by atoms with van der Waals surface area (Å²) >= 11 is 0. The molecule has 4 aromatic rings. The molecule has 1 N–H and O–H groups in total. The Morgan fingerprint density at radius 2 is 1.62 bits per heavy atom. The largest absolute Gasteiger partial charge is 0.497 e. The number of ether oxygens (including phenoxy) is 1. The summed E-state index contributed by atoms with van der Waals surface area (Å²) in [4.78, 5) is 24.4. The molecule has 0 spiro atoms. The predicted molar refractivity (Wildman–Crippen MR) is 133 cm³/mol. The summed E-state index contributed by atoms with van der Waals surface area (Å²) < 4.78 is 5.23. The number of fused-ring (bicyclic) bond motifs is 1. The van der Waals surface area contributed by atoms with Gasteiger partial charge in [-0.25, -0.2) is 9.97 Å². The van der Waals surface area contributed by atoms with Crippen LogP contribution in [-0.4, -0.2) is 48.2 Å². The molecule has 1 aliphatic heterocycles. The number of hydrogen-bond acceptors (Lipinski definition) is 8. The van der Waals surface area contributed by atoms with Gasteiger partial charge in [0.2, 0.25) is 11.6 Å². The highest BCUT2D eigenvalue weighted by Gasteiger charge is 2.29. The second kappa shape index (κ2) is 9.22. The van der Waals surface area contributed by atoms with Crippen LogP contribution in [0, 0.1) is 10.1 Å². The number of nitrogens with one attached hydrogen (secondary N) is 1. The summed E-state index contributed by atoms with van der Waals surface area (Å²) in [5.41, 5.74) is 1.74. The molecule has 1 saturated heterocycles. The van der Waals surface area contributed by atoms with E-state index in [9.17, 15) is 10.1 Å². The van der Waals surface area contributed by atoms with Crippen molar-refractivity contribution in [3.8, 4) is 5.75 Å². The topological polar surface area (TPSA) is 96.7 Å². The van der Waals surface area contributed by atoms with Crippen LogP contribution in [0.4, 0.5) is 28.7 Å². The molecule has 0 radical (unpaired) electrons. The van der Waals surface area contributed by atoms with Crippen molar-refractivity contribution in [3.05, 3.63) is 83.2 Å². The second-order valence-electron chi connectivity index (χ2n) is 7.98. The van der Waals surface area contributed by atoms with Gasteiger partial charge in [-0.2, -0.15) is 0 Å². The Hall–Kier alpha value is -4.40. The van der Waals surface area contributed by atoms with Gasteiger partial charge >= 0.3 is 5.69 Å². The highest BCUT2D eigenvalue weighted by Crippen LogP contribution is 2.36. The molecule has 9 heteroatoms. The van der Waals surface area contributed by atoms with Crippen LogP contribution in [0.25, 0.3) is 10.8 Å². The van der Waals surface area contributed by atoms with E-state index in [0.29, 0.717) is 18.9 Å². The van der Waals surface area contributed by atoms with Crippen molar-refractivity contribution < 1.29 is 9.66 Å². The van der Waals surface area contributed by atoms with E-state index in [4.69, 9.17) is 4.74 Å². The standard InChI is InChI=1S/C25H24N6O3/c1-34-20-11-9-19(10-12-20)29-13-15-30(16-14-29)25-23(31(32)33)24(26-17-27-25)28-22-8-4-6-18-5-2-3-7-21(18)22/h2-12,17H,13-16H2,1H3,(H,26,27,28). The SMILES string of the molecule is COc1ccc(N2CCN(c3ncnc(Nc4cccc5ccccc45)c3[N+](=O)[O-])CC2)cc1. The molecular formula is C25H24N6O3. The molecule has 0 atom stereocenters. The molecule has 5 rings (SSSR count). The van der Waals surface area contributed by atoms with Gasteiger partial charge in [0, 0.05) is 42.9 Å². The molecule has 3 aromatic carbocycles. The average Bonchev–Trinajstić information content (AvgIpc) is 2.89. The van der Waals surface area contributed by atoms with E-state index in [1.807, 2.05) is 71.6 Å². The Morgan fingerprint density at radius 1 is 0.912 bits per heavy atom. The van der Waals surface area contributed by atoms with Crippen LogP contribution in [0.2, 0.25) is 0 Å². The molecule has 34 heavy (non-hydrogen) atoms. The van der Waals surface area contributed by atoms with E-state index >= 15 is 0 Å². The molecule has 9 nitrogen and oxygen atoms in total. The summed E-state index contributed by atoms with van der Waals surface area (Å²) in [7, 11) is 1.64. The third-order valence-corrected chi connectivity index (χ3v) is 6.05. The Kier molecular flexibility index (Phi) is 5.82. The van der Waals surface area contributed by atoms with Crippen LogP contribution in [-0.2, 0) is 0 Å². The van der Waals surface area contributed by atoms with Crippen LogP contribution in [0.3, 0.4) is 0 Å². The zero-order valence-corrected chi connectivity index (χ0v) is 18.7. The fourth-order valence-corrected chi connectivity index (χ4v) is 4.29. The van der Waals surface area contributed by atoms with E-state index in [-0.39, 0.29) is 11.5 Å². The molecule has 0 bridgehead atoms. The minimum absolute atomic E-state index is 0.117. The Bertz CT molecular complexity index is 1310.